The molecule has 2 nitrogen and oxygen atoms in total. The van der Waals surface area contributed by atoms with Gasteiger partial charge in [-0.2, -0.15) is 0 Å². The van der Waals surface area contributed by atoms with Crippen molar-refractivity contribution in [3.63, 3.8) is 0 Å². The van der Waals surface area contributed by atoms with Crippen LogP contribution in [0.4, 0.5) is 0 Å². The molecule has 0 N–H and O–H groups in total. The normalized spacial score (nSPS) is 11.7. The van der Waals surface area contributed by atoms with Crippen LogP contribution in [0, 0.1) is 0 Å². The molecule has 0 fully saturated rings. The summed E-state index contributed by atoms with van der Waals surface area (Å²) in [4.78, 5) is 13.3. The number of nitrogens with zero attached hydrogens (tertiary/aromatic N) is 1. The Hall–Kier alpha value is -0.890. The van der Waals surface area contributed by atoms with Gasteiger partial charge in [0.05, 0.1) is 5.03 Å². The zero-order valence-electron chi connectivity index (χ0n) is 4.80. The lowest BCUT2D eigenvalue weighted by Crippen LogP contribution is -1.80. The van der Waals surface area contributed by atoms with Crippen molar-refractivity contribution in [2.75, 3.05) is 0 Å². The summed E-state index contributed by atoms with van der Waals surface area (Å²) in [5.41, 5.74) is 0.117. The van der Waals surface area contributed by atoms with Gasteiger partial charge in [-0.1, -0.05) is 18.2 Å². The second-order valence-electron chi connectivity index (χ2n) is 1.21. The summed E-state index contributed by atoms with van der Waals surface area (Å²) in [7, 11) is 0. The van der Waals surface area contributed by atoms with Crippen molar-refractivity contribution in [2.24, 2.45) is 4.99 Å². The van der Waals surface area contributed by atoms with Gasteiger partial charge in [0.25, 0.3) is 0 Å². The molecule has 0 atom stereocenters. The lowest BCUT2D eigenvalue weighted by molar-refractivity contribution is -0.104. The maximum atomic E-state index is 10.0. The third-order valence-electron chi connectivity index (χ3n) is 0.706. The fourth-order valence-electron chi connectivity index (χ4n) is 0.274. The van der Waals surface area contributed by atoms with Gasteiger partial charge in [0.1, 0.15) is 5.70 Å². The highest BCUT2D eigenvalue weighted by Crippen LogP contribution is 2.08. The first-order valence-electron chi connectivity index (χ1n) is 2.20. The van der Waals surface area contributed by atoms with Crippen LogP contribution in [0.3, 0.4) is 0 Å². The van der Waals surface area contributed by atoms with E-state index < -0.39 is 0 Å². The van der Waals surface area contributed by atoms with Crippen LogP contribution in [0.15, 0.2) is 28.4 Å². The fourth-order valence-corrected chi connectivity index (χ4v) is 0.378. The predicted octanol–water partition coefficient (Wildman–Crippen LogP) is 1.52. The van der Waals surface area contributed by atoms with Crippen LogP contribution in [-0.2, 0) is 4.79 Å². The van der Waals surface area contributed by atoms with Gasteiger partial charge < -0.3 is 0 Å². The average Bonchev–Trinajstić information content (AvgIpc) is 1.90. The zero-order chi connectivity index (χ0) is 7.28. The minimum absolute atomic E-state index is 0.117. The van der Waals surface area contributed by atoms with Crippen LogP contribution in [0.5, 0.6) is 0 Å². The van der Waals surface area contributed by atoms with E-state index in [1.165, 1.54) is 6.08 Å². The highest BCUT2D eigenvalue weighted by atomic mass is 35.5. The van der Waals surface area contributed by atoms with Crippen molar-refractivity contribution >= 4 is 24.6 Å². The number of allylic oxidation sites excluding steroid dienone is 3. The van der Waals surface area contributed by atoms with Crippen LogP contribution in [0.1, 0.15) is 0 Å². The molecule has 0 rings (SSSR count). The van der Waals surface area contributed by atoms with E-state index in [2.05, 4.69) is 18.3 Å². The molecule has 0 saturated heterocycles. The Morgan fingerprint density at radius 3 is 2.33 bits per heavy atom. The SMILES string of the molecule is C=C/C(Cl)=C(/C=O)N=C. The summed E-state index contributed by atoms with van der Waals surface area (Å²) in [6, 6.07) is 0. The summed E-state index contributed by atoms with van der Waals surface area (Å²) < 4.78 is 0. The summed E-state index contributed by atoms with van der Waals surface area (Å²) >= 11 is 5.43. The van der Waals surface area contributed by atoms with Crippen LogP contribution in [-0.4, -0.2) is 13.0 Å². The lowest BCUT2D eigenvalue weighted by atomic mass is 10.4. The van der Waals surface area contributed by atoms with Crippen molar-refractivity contribution in [3.8, 4) is 0 Å². The monoisotopic (exact) mass is 143 g/mol. The van der Waals surface area contributed by atoms with E-state index >= 15 is 0 Å². The summed E-state index contributed by atoms with van der Waals surface area (Å²) in [6.45, 7) is 6.47. The second-order valence-corrected chi connectivity index (χ2v) is 1.62. The zero-order valence-corrected chi connectivity index (χ0v) is 5.56. The van der Waals surface area contributed by atoms with E-state index in [1.54, 1.807) is 0 Å². The molecule has 9 heavy (non-hydrogen) atoms. The fraction of sp³-hybridized carbons (Fsp3) is 0. The summed E-state index contributed by atoms with van der Waals surface area (Å²) in [6.07, 6.45) is 1.86. The van der Waals surface area contributed by atoms with Crippen molar-refractivity contribution in [2.45, 2.75) is 0 Å². The Morgan fingerprint density at radius 2 is 2.22 bits per heavy atom. The number of hydrogen-bond donors (Lipinski definition) is 0. The van der Waals surface area contributed by atoms with Crippen molar-refractivity contribution in [1.82, 2.24) is 0 Å². The van der Waals surface area contributed by atoms with Crippen LogP contribution in [0.2, 0.25) is 0 Å². The molecule has 3 heteroatoms. The summed E-state index contributed by atoms with van der Waals surface area (Å²) in [5.74, 6) is 0. The van der Waals surface area contributed by atoms with Crippen molar-refractivity contribution < 1.29 is 4.79 Å². The maximum absolute atomic E-state index is 10.0. The third-order valence-corrected chi connectivity index (χ3v) is 1.05. The standard InChI is InChI=1S/C6H6ClNO/c1-3-5(7)6(4-9)8-2/h3-4H,1-2H2/b6-5+. The molecule has 0 unspecified atom stereocenters. The average molecular weight is 144 g/mol. The molecular weight excluding hydrogens is 138 g/mol. The molecule has 0 aromatic rings. The van der Waals surface area contributed by atoms with Crippen LogP contribution < -0.4 is 0 Å². The van der Waals surface area contributed by atoms with Crippen LogP contribution >= 0.6 is 11.6 Å². The van der Waals surface area contributed by atoms with E-state index in [0.29, 0.717) is 6.29 Å². The van der Waals surface area contributed by atoms with E-state index in [1.807, 2.05) is 0 Å². The first kappa shape index (κ1) is 8.11. The molecular formula is C6H6ClNO. The molecule has 0 aliphatic carbocycles. The van der Waals surface area contributed by atoms with Gasteiger partial charge in [-0.05, 0) is 12.8 Å². The van der Waals surface area contributed by atoms with Crippen LogP contribution in [0.25, 0.3) is 0 Å². The minimum atomic E-state index is 0.117. The van der Waals surface area contributed by atoms with Gasteiger partial charge in [-0.25, -0.2) is 0 Å². The molecule has 0 spiro atoms. The lowest BCUT2D eigenvalue weighted by Gasteiger charge is -1.87. The number of rotatable bonds is 3. The number of halogens is 1. The molecule has 48 valence electrons. The van der Waals surface area contributed by atoms with E-state index in [9.17, 15) is 4.79 Å². The minimum Gasteiger partial charge on any atom is -0.296 e. The molecule has 0 aliphatic heterocycles. The van der Waals surface area contributed by atoms with Gasteiger partial charge in [0, 0.05) is 0 Å². The Bertz CT molecular complexity index is 162. The maximum Gasteiger partial charge on any atom is 0.169 e. The predicted molar refractivity (Wildman–Crippen MR) is 38.7 cm³/mol. The van der Waals surface area contributed by atoms with Crippen molar-refractivity contribution in [1.29, 1.82) is 0 Å². The summed E-state index contributed by atoms with van der Waals surface area (Å²) in [5, 5.41) is 0.222. The second kappa shape index (κ2) is 4.04. The smallest absolute Gasteiger partial charge is 0.169 e. The molecule has 0 aromatic carbocycles. The quantitative estimate of drug-likeness (QED) is 0.255. The Kier molecular flexibility index (Phi) is 3.64. The molecule has 0 bridgehead atoms. The largest absolute Gasteiger partial charge is 0.296 e. The third kappa shape index (κ3) is 2.24. The molecule has 0 amide bonds. The van der Waals surface area contributed by atoms with Gasteiger partial charge in [-0.15, -0.1) is 0 Å². The van der Waals surface area contributed by atoms with Crippen molar-refractivity contribution in [3.05, 3.63) is 23.4 Å². The van der Waals surface area contributed by atoms with Gasteiger partial charge in [-0.3, -0.25) is 9.79 Å². The number of carbonyl (C=O) groups excluding carboxylic acids is 1. The Balaban J connectivity index is 4.56. The molecule has 0 saturated carbocycles. The molecule has 0 aromatic heterocycles. The highest BCUT2D eigenvalue weighted by Gasteiger charge is 1.93. The molecule has 0 heterocycles. The van der Waals surface area contributed by atoms with E-state index in [0.717, 1.165) is 0 Å². The highest BCUT2D eigenvalue weighted by molar-refractivity contribution is 6.32. The number of hydrogen-bond acceptors (Lipinski definition) is 2. The van der Waals surface area contributed by atoms with E-state index in [-0.39, 0.29) is 10.7 Å². The van der Waals surface area contributed by atoms with Gasteiger partial charge in [0.2, 0.25) is 0 Å². The topological polar surface area (TPSA) is 29.4 Å². The molecule has 0 radical (unpaired) electrons. The first-order valence-corrected chi connectivity index (χ1v) is 2.58. The van der Waals surface area contributed by atoms with E-state index in [4.69, 9.17) is 11.6 Å². The van der Waals surface area contributed by atoms with Gasteiger partial charge in [0.15, 0.2) is 6.29 Å². The number of carbonyl (C=O) groups is 1. The number of aldehydes is 1. The first-order chi connectivity index (χ1) is 4.26. The van der Waals surface area contributed by atoms with Gasteiger partial charge >= 0.3 is 0 Å². The Labute approximate surface area is 58.5 Å². The Morgan fingerprint density at radius 1 is 1.67 bits per heavy atom. The number of aliphatic imine (C=N–C) groups is 1. The molecule has 0 aliphatic rings.